The van der Waals surface area contributed by atoms with E-state index in [1.807, 2.05) is 13.8 Å². The molecule has 0 bridgehead atoms. The highest BCUT2D eigenvalue weighted by Gasteiger charge is 2.13. The second kappa shape index (κ2) is 9.89. The maximum Gasteiger partial charge on any atom is 0.260 e. The number of pyridine rings is 1. The zero-order valence-electron chi connectivity index (χ0n) is 16.7. The summed E-state index contributed by atoms with van der Waals surface area (Å²) in [6.45, 7) is 4.96. The van der Waals surface area contributed by atoms with Crippen LogP contribution in [-0.2, 0) is 4.79 Å². The van der Waals surface area contributed by atoms with E-state index in [4.69, 9.17) is 16.3 Å². The number of nitrogens with one attached hydrogen (secondary N) is 1. The third-order valence-corrected chi connectivity index (χ3v) is 4.70. The Bertz CT molecular complexity index is 1000. The molecule has 0 unspecified atom stereocenters. The molecular formula is C21H22ClN5O3. The molecule has 156 valence electrons. The topological polar surface area (TPSA) is 89.4 Å². The smallest absolute Gasteiger partial charge is 0.260 e. The average Bonchev–Trinajstić information content (AvgIpc) is 3.29. The van der Waals surface area contributed by atoms with Crippen molar-refractivity contribution in [2.75, 3.05) is 25.0 Å². The van der Waals surface area contributed by atoms with E-state index >= 15 is 0 Å². The summed E-state index contributed by atoms with van der Waals surface area (Å²) in [6.07, 6.45) is 4.90. The molecule has 0 atom stereocenters. The summed E-state index contributed by atoms with van der Waals surface area (Å²) >= 11 is 6.24. The van der Waals surface area contributed by atoms with Crippen LogP contribution in [0.25, 0.3) is 5.82 Å². The molecule has 2 aromatic heterocycles. The Labute approximate surface area is 179 Å². The van der Waals surface area contributed by atoms with Gasteiger partial charge in [0, 0.05) is 37.4 Å². The summed E-state index contributed by atoms with van der Waals surface area (Å²) in [4.78, 5) is 30.4. The minimum atomic E-state index is -0.323. The molecular weight excluding hydrogens is 406 g/mol. The Balaban J connectivity index is 1.61. The van der Waals surface area contributed by atoms with E-state index < -0.39 is 0 Å². The summed E-state index contributed by atoms with van der Waals surface area (Å²) in [5, 5.41) is 7.16. The molecule has 2 amide bonds. The lowest BCUT2D eigenvalue weighted by atomic mass is 10.2. The Hall–Kier alpha value is -3.39. The van der Waals surface area contributed by atoms with Gasteiger partial charge in [-0.15, -0.1) is 0 Å². The van der Waals surface area contributed by atoms with Crippen molar-refractivity contribution in [3.05, 3.63) is 65.6 Å². The van der Waals surface area contributed by atoms with Crippen molar-refractivity contribution in [1.29, 1.82) is 0 Å². The summed E-state index contributed by atoms with van der Waals surface area (Å²) in [5.41, 5.74) is 0.899. The zero-order chi connectivity index (χ0) is 21.5. The van der Waals surface area contributed by atoms with Gasteiger partial charge in [-0.3, -0.25) is 9.59 Å². The van der Waals surface area contributed by atoms with Crippen molar-refractivity contribution in [3.8, 4) is 11.6 Å². The molecule has 8 nitrogen and oxygen atoms in total. The largest absolute Gasteiger partial charge is 0.482 e. The molecule has 0 aliphatic heterocycles. The van der Waals surface area contributed by atoms with Crippen molar-refractivity contribution in [2.45, 2.75) is 13.8 Å². The lowest BCUT2D eigenvalue weighted by Gasteiger charge is -2.19. The van der Waals surface area contributed by atoms with E-state index in [1.54, 1.807) is 58.4 Å². The molecule has 0 saturated heterocycles. The molecule has 1 aromatic carbocycles. The van der Waals surface area contributed by atoms with Crippen LogP contribution in [0.15, 0.2) is 55.0 Å². The molecule has 0 aliphatic carbocycles. The quantitative estimate of drug-likeness (QED) is 0.595. The molecule has 0 saturated carbocycles. The van der Waals surface area contributed by atoms with Crippen LogP contribution in [-0.4, -0.2) is 51.2 Å². The van der Waals surface area contributed by atoms with Crippen LogP contribution in [0.1, 0.15) is 24.2 Å². The minimum Gasteiger partial charge on any atom is -0.482 e. The molecule has 0 radical (unpaired) electrons. The van der Waals surface area contributed by atoms with Gasteiger partial charge in [0.15, 0.2) is 12.4 Å². The first-order valence-corrected chi connectivity index (χ1v) is 9.87. The van der Waals surface area contributed by atoms with E-state index in [2.05, 4.69) is 15.4 Å². The van der Waals surface area contributed by atoms with Crippen LogP contribution in [0.5, 0.6) is 5.75 Å². The molecule has 9 heteroatoms. The summed E-state index contributed by atoms with van der Waals surface area (Å²) < 4.78 is 7.12. The molecule has 0 fully saturated rings. The number of amides is 2. The van der Waals surface area contributed by atoms with E-state index in [0.717, 1.165) is 0 Å². The fourth-order valence-corrected chi connectivity index (χ4v) is 3.00. The fraction of sp³-hybridized carbons (Fsp3) is 0.238. The van der Waals surface area contributed by atoms with Gasteiger partial charge in [-0.05, 0) is 50.2 Å². The molecule has 0 aliphatic rings. The van der Waals surface area contributed by atoms with Crippen LogP contribution < -0.4 is 10.1 Å². The second-order valence-corrected chi connectivity index (χ2v) is 6.72. The van der Waals surface area contributed by atoms with Gasteiger partial charge in [0.25, 0.3) is 11.8 Å². The monoisotopic (exact) mass is 427 g/mol. The number of carbonyl (C=O) groups excluding carboxylic acids is 2. The number of nitrogens with zero attached hydrogens (tertiary/aromatic N) is 4. The first-order chi connectivity index (χ1) is 14.5. The normalized spacial score (nSPS) is 10.5. The van der Waals surface area contributed by atoms with Crippen molar-refractivity contribution in [2.24, 2.45) is 0 Å². The Morgan fingerprint density at radius 1 is 1.20 bits per heavy atom. The average molecular weight is 428 g/mol. The summed E-state index contributed by atoms with van der Waals surface area (Å²) in [5.74, 6) is 0.552. The van der Waals surface area contributed by atoms with Crippen LogP contribution in [0, 0.1) is 0 Å². The number of aromatic nitrogens is 3. The van der Waals surface area contributed by atoms with Gasteiger partial charge in [-0.1, -0.05) is 11.6 Å². The first kappa shape index (κ1) is 21.3. The van der Waals surface area contributed by atoms with Gasteiger partial charge in [-0.2, -0.15) is 5.10 Å². The number of hydrogen-bond donors (Lipinski definition) is 1. The van der Waals surface area contributed by atoms with Crippen molar-refractivity contribution in [3.63, 3.8) is 0 Å². The maximum absolute atomic E-state index is 12.5. The lowest BCUT2D eigenvalue weighted by molar-refractivity contribution is -0.132. The SMILES string of the molecule is CCN(CC)C(=O)COc1ccc(NC(=O)c2ccc(-n3cccn3)nc2)cc1Cl. The van der Waals surface area contributed by atoms with Crippen LogP contribution in [0.4, 0.5) is 5.69 Å². The molecule has 3 rings (SSSR count). The van der Waals surface area contributed by atoms with E-state index in [1.165, 1.54) is 6.20 Å². The van der Waals surface area contributed by atoms with Crippen LogP contribution in [0.3, 0.4) is 0 Å². The third-order valence-electron chi connectivity index (χ3n) is 4.41. The number of anilines is 1. The number of halogens is 1. The van der Waals surface area contributed by atoms with Gasteiger partial charge < -0.3 is 15.0 Å². The minimum absolute atomic E-state index is 0.0959. The van der Waals surface area contributed by atoms with E-state index in [-0.39, 0.29) is 18.4 Å². The number of likely N-dealkylation sites (N-methyl/N-ethyl adjacent to an activating group) is 1. The van der Waals surface area contributed by atoms with Crippen molar-refractivity contribution < 1.29 is 14.3 Å². The Morgan fingerprint density at radius 3 is 2.60 bits per heavy atom. The molecule has 1 N–H and O–H groups in total. The van der Waals surface area contributed by atoms with Gasteiger partial charge in [0.2, 0.25) is 0 Å². The van der Waals surface area contributed by atoms with Gasteiger partial charge >= 0.3 is 0 Å². The van der Waals surface area contributed by atoms with Crippen LogP contribution in [0.2, 0.25) is 5.02 Å². The standard InChI is InChI=1S/C21H22ClN5O3/c1-3-26(4-2)20(28)14-30-18-8-7-16(12-17(18)22)25-21(29)15-6-9-19(23-13-15)27-11-5-10-24-27/h5-13H,3-4,14H2,1-2H3,(H,25,29). The molecule has 2 heterocycles. The van der Waals surface area contributed by atoms with Gasteiger partial charge in [0.05, 0.1) is 10.6 Å². The molecule has 3 aromatic rings. The highest BCUT2D eigenvalue weighted by atomic mass is 35.5. The van der Waals surface area contributed by atoms with E-state index in [0.29, 0.717) is 40.9 Å². The maximum atomic E-state index is 12.5. The number of ether oxygens (including phenoxy) is 1. The highest BCUT2D eigenvalue weighted by Crippen LogP contribution is 2.28. The van der Waals surface area contributed by atoms with Crippen molar-refractivity contribution >= 4 is 29.1 Å². The van der Waals surface area contributed by atoms with Crippen molar-refractivity contribution in [1.82, 2.24) is 19.7 Å². The number of rotatable bonds is 8. The second-order valence-electron chi connectivity index (χ2n) is 6.31. The number of hydrogen-bond acceptors (Lipinski definition) is 5. The molecule has 30 heavy (non-hydrogen) atoms. The summed E-state index contributed by atoms with van der Waals surface area (Å²) in [7, 11) is 0. The van der Waals surface area contributed by atoms with Crippen LogP contribution >= 0.6 is 11.6 Å². The Kier molecular flexibility index (Phi) is 7.03. The van der Waals surface area contributed by atoms with Gasteiger partial charge in [0.1, 0.15) is 5.75 Å². The van der Waals surface area contributed by atoms with E-state index in [9.17, 15) is 9.59 Å². The highest BCUT2D eigenvalue weighted by molar-refractivity contribution is 6.32. The molecule has 0 spiro atoms. The van der Waals surface area contributed by atoms with Gasteiger partial charge in [-0.25, -0.2) is 9.67 Å². The number of carbonyl (C=O) groups is 2. The Morgan fingerprint density at radius 2 is 2.00 bits per heavy atom. The predicted octanol–water partition coefficient (Wildman–Crippen LogP) is 3.42. The third kappa shape index (κ3) is 5.15. The number of benzene rings is 1. The fourth-order valence-electron chi connectivity index (χ4n) is 2.77. The predicted molar refractivity (Wildman–Crippen MR) is 114 cm³/mol. The zero-order valence-corrected chi connectivity index (χ0v) is 17.5. The first-order valence-electron chi connectivity index (χ1n) is 9.49. The lowest BCUT2D eigenvalue weighted by Crippen LogP contribution is -2.34. The summed E-state index contributed by atoms with van der Waals surface area (Å²) in [6, 6.07) is 10.0.